The number of aliphatic hydroxyl groups is 1. The number of carbonyl (C=O) groups excluding carboxylic acids is 2. The van der Waals surface area contributed by atoms with Crippen molar-refractivity contribution in [1.29, 1.82) is 0 Å². The first-order chi connectivity index (χ1) is 16.0. The Labute approximate surface area is 200 Å². The Balaban J connectivity index is 1.71. The Hall–Kier alpha value is -3.39. The first-order valence-corrected chi connectivity index (χ1v) is 11.5. The van der Waals surface area contributed by atoms with Crippen LogP contribution in [0.3, 0.4) is 0 Å². The fourth-order valence-corrected chi connectivity index (χ4v) is 4.24. The average Bonchev–Trinajstić information content (AvgIpc) is 3.42. The van der Waals surface area contributed by atoms with Crippen LogP contribution < -0.4 is 4.74 Å². The van der Waals surface area contributed by atoms with Gasteiger partial charge in [-0.1, -0.05) is 40.2 Å². The summed E-state index contributed by atoms with van der Waals surface area (Å²) in [6.45, 7) is 3.46. The number of aliphatic hydroxyl groups excluding tert-OH is 1. The maximum atomic E-state index is 13.1. The number of halogens is 1. The highest BCUT2D eigenvalue weighted by Gasteiger charge is 2.45. The molecule has 0 spiro atoms. The molecule has 2 heterocycles. The number of aryl methyl sites for hydroxylation is 1. The molecule has 1 aliphatic rings. The van der Waals surface area contributed by atoms with Gasteiger partial charge in [-0.25, -0.2) is 4.98 Å². The molecule has 0 bridgehead atoms. The number of amides is 1. The molecule has 2 aromatic carbocycles. The van der Waals surface area contributed by atoms with Crippen LogP contribution in [-0.4, -0.2) is 44.4 Å². The molecule has 1 fully saturated rings. The lowest BCUT2D eigenvalue weighted by Crippen LogP contribution is -2.31. The summed E-state index contributed by atoms with van der Waals surface area (Å²) in [5, 5.41) is 11.1. The standard InChI is InChI=1S/C25H24BrN3O4/c1-2-33-20-10-6-17(7-11-20)22-21(23(30)18-4-8-19(26)9-5-18)24(31)25(32)29(22)14-3-13-28-15-12-27-16-28/h4-12,15-16,22,30H,2-3,13-14H2,1H3/t22-/m1/s1. The van der Waals surface area contributed by atoms with Crippen molar-refractivity contribution < 1.29 is 19.4 Å². The van der Waals surface area contributed by atoms with Gasteiger partial charge in [0.15, 0.2) is 0 Å². The minimum absolute atomic E-state index is 0.0918. The van der Waals surface area contributed by atoms with Crippen molar-refractivity contribution in [3.05, 3.63) is 88.4 Å². The third kappa shape index (κ3) is 4.85. The number of carbonyl (C=O) groups is 2. The topological polar surface area (TPSA) is 84.7 Å². The monoisotopic (exact) mass is 509 g/mol. The summed E-state index contributed by atoms with van der Waals surface area (Å²) in [5.41, 5.74) is 1.30. The smallest absolute Gasteiger partial charge is 0.295 e. The zero-order valence-electron chi connectivity index (χ0n) is 18.1. The van der Waals surface area contributed by atoms with Crippen LogP contribution >= 0.6 is 15.9 Å². The van der Waals surface area contributed by atoms with Crippen LogP contribution in [-0.2, 0) is 16.1 Å². The van der Waals surface area contributed by atoms with Gasteiger partial charge in [0.1, 0.15) is 11.5 Å². The number of hydrogen-bond donors (Lipinski definition) is 1. The van der Waals surface area contributed by atoms with E-state index in [9.17, 15) is 14.7 Å². The van der Waals surface area contributed by atoms with E-state index in [1.165, 1.54) is 0 Å². The lowest BCUT2D eigenvalue weighted by molar-refractivity contribution is -0.139. The number of nitrogens with zero attached hydrogens (tertiary/aromatic N) is 3. The normalized spacial score (nSPS) is 17.5. The number of imidazole rings is 1. The number of aromatic nitrogens is 2. The molecule has 1 atom stereocenters. The van der Waals surface area contributed by atoms with E-state index in [4.69, 9.17) is 4.74 Å². The number of likely N-dealkylation sites (tertiary alicyclic amines) is 1. The van der Waals surface area contributed by atoms with E-state index in [2.05, 4.69) is 20.9 Å². The van der Waals surface area contributed by atoms with E-state index in [0.717, 1.165) is 10.0 Å². The predicted molar refractivity (Wildman–Crippen MR) is 128 cm³/mol. The quantitative estimate of drug-likeness (QED) is 0.273. The van der Waals surface area contributed by atoms with E-state index in [0.29, 0.717) is 37.4 Å². The van der Waals surface area contributed by atoms with Gasteiger partial charge in [-0.05, 0) is 43.2 Å². The molecule has 7 nitrogen and oxygen atoms in total. The third-order valence-corrected chi connectivity index (χ3v) is 6.07. The van der Waals surface area contributed by atoms with Gasteiger partial charge in [-0.3, -0.25) is 9.59 Å². The maximum absolute atomic E-state index is 13.1. The van der Waals surface area contributed by atoms with Gasteiger partial charge in [0.25, 0.3) is 11.7 Å². The van der Waals surface area contributed by atoms with Gasteiger partial charge in [0.05, 0.1) is 24.5 Å². The van der Waals surface area contributed by atoms with E-state index < -0.39 is 17.7 Å². The number of Topliss-reactive ketones (excluding diaryl/α,β-unsaturated/α-hetero) is 1. The van der Waals surface area contributed by atoms with Gasteiger partial charge in [0.2, 0.25) is 0 Å². The molecule has 33 heavy (non-hydrogen) atoms. The lowest BCUT2D eigenvalue weighted by Gasteiger charge is -2.25. The average molecular weight is 510 g/mol. The summed E-state index contributed by atoms with van der Waals surface area (Å²) < 4.78 is 8.30. The summed E-state index contributed by atoms with van der Waals surface area (Å²) in [6, 6.07) is 13.6. The van der Waals surface area contributed by atoms with E-state index in [-0.39, 0.29) is 11.3 Å². The molecule has 1 aliphatic heterocycles. The lowest BCUT2D eigenvalue weighted by atomic mass is 9.95. The highest BCUT2D eigenvalue weighted by Crippen LogP contribution is 2.40. The second-order valence-corrected chi connectivity index (χ2v) is 8.57. The number of benzene rings is 2. The van der Waals surface area contributed by atoms with Crippen LogP contribution in [0.5, 0.6) is 5.75 Å². The van der Waals surface area contributed by atoms with Crippen LogP contribution in [0.25, 0.3) is 5.76 Å². The zero-order chi connectivity index (χ0) is 23.4. The molecule has 3 aromatic rings. The molecule has 0 radical (unpaired) electrons. The fourth-order valence-electron chi connectivity index (χ4n) is 3.98. The molecule has 1 aromatic heterocycles. The second kappa shape index (κ2) is 10.0. The first kappa shape index (κ1) is 22.8. The number of rotatable bonds is 8. The molecule has 8 heteroatoms. The zero-order valence-corrected chi connectivity index (χ0v) is 19.7. The van der Waals surface area contributed by atoms with Crippen molar-refractivity contribution in [3.8, 4) is 5.75 Å². The van der Waals surface area contributed by atoms with Crippen molar-refractivity contribution in [2.45, 2.75) is 25.9 Å². The van der Waals surface area contributed by atoms with E-state index in [1.54, 1.807) is 41.7 Å². The Morgan fingerprint density at radius 3 is 2.45 bits per heavy atom. The van der Waals surface area contributed by atoms with Crippen molar-refractivity contribution in [2.24, 2.45) is 0 Å². The predicted octanol–water partition coefficient (Wildman–Crippen LogP) is 4.56. The molecule has 1 amide bonds. The summed E-state index contributed by atoms with van der Waals surface area (Å²) in [7, 11) is 0. The number of ether oxygens (including phenoxy) is 1. The first-order valence-electron chi connectivity index (χ1n) is 10.7. The second-order valence-electron chi connectivity index (χ2n) is 7.66. The molecular weight excluding hydrogens is 486 g/mol. The molecule has 0 unspecified atom stereocenters. The summed E-state index contributed by atoms with van der Waals surface area (Å²) in [5.74, 6) is -0.779. The largest absolute Gasteiger partial charge is 0.507 e. The van der Waals surface area contributed by atoms with Crippen molar-refractivity contribution in [1.82, 2.24) is 14.5 Å². The number of hydrogen-bond acceptors (Lipinski definition) is 5. The Bertz CT molecular complexity index is 1160. The Morgan fingerprint density at radius 2 is 1.82 bits per heavy atom. The molecular formula is C25H24BrN3O4. The molecule has 1 N–H and O–H groups in total. The summed E-state index contributed by atoms with van der Waals surface area (Å²) in [4.78, 5) is 31.7. The van der Waals surface area contributed by atoms with Crippen molar-refractivity contribution >= 4 is 33.4 Å². The highest BCUT2D eigenvalue weighted by atomic mass is 79.9. The SMILES string of the molecule is CCOc1ccc([C@@H]2C(=C(O)c3ccc(Br)cc3)C(=O)C(=O)N2CCCn2ccnc2)cc1. The highest BCUT2D eigenvalue weighted by molar-refractivity contribution is 9.10. The molecule has 0 aliphatic carbocycles. The van der Waals surface area contributed by atoms with Crippen molar-refractivity contribution in [3.63, 3.8) is 0 Å². The minimum Gasteiger partial charge on any atom is -0.507 e. The van der Waals surface area contributed by atoms with Crippen LogP contribution in [0.2, 0.25) is 0 Å². The van der Waals surface area contributed by atoms with Gasteiger partial charge >= 0.3 is 0 Å². The summed E-state index contributed by atoms with van der Waals surface area (Å²) in [6.07, 6.45) is 5.90. The Kier molecular flexibility index (Phi) is 6.93. The van der Waals surface area contributed by atoms with Gasteiger partial charge < -0.3 is 19.3 Å². The maximum Gasteiger partial charge on any atom is 0.295 e. The van der Waals surface area contributed by atoms with Crippen LogP contribution in [0.15, 0.2) is 77.3 Å². The fraction of sp³-hybridized carbons (Fsp3) is 0.240. The van der Waals surface area contributed by atoms with Crippen molar-refractivity contribution in [2.75, 3.05) is 13.2 Å². The van der Waals surface area contributed by atoms with Gasteiger partial charge in [-0.15, -0.1) is 0 Å². The van der Waals surface area contributed by atoms with Crippen LogP contribution in [0.4, 0.5) is 0 Å². The van der Waals surface area contributed by atoms with Gasteiger partial charge in [-0.2, -0.15) is 0 Å². The Morgan fingerprint density at radius 1 is 1.09 bits per heavy atom. The molecule has 0 saturated carbocycles. The molecule has 1 saturated heterocycles. The molecule has 4 rings (SSSR count). The third-order valence-electron chi connectivity index (χ3n) is 5.54. The van der Waals surface area contributed by atoms with Gasteiger partial charge in [0, 0.05) is 35.5 Å². The van der Waals surface area contributed by atoms with Crippen LogP contribution in [0, 0.1) is 0 Å². The number of ketones is 1. The van der Waals surface area contributed by atoms with E-state index >= 15 is 0 Å². The van der Waals surface area contributed by atoms with E-state index in [1.807, 2.05) is 42.0 Å². The minimum atomic E-state index is -0.688. The summed E-state index contributed by atoms with van der Waals surface area (Å²) >= 11 is 3.38. The molecule has 170 valence electrons. The van der Waals surface area contributed by atoms with Crippen LogP contribution in [0.1, 0.15) is 30.5 Å².